The Morgan fingerprint density at radius 2 is 1.76 bits per heavy atom. The maximum Gasteiger partial charge on any atom is 0.319 e. The average molecular weight is 243 g/mol. The number of likely N-dealkylation sites (N-methyl/N-ethyl adjacent to an activating group) is 2. The molecule has 0 aliphatic carbocycles. The molecule has 1 saturated heterocycles. The van der Waals surface area contributed by atoms with Crippen LogP contribution in [0.25, 0.3) is 0 Å². The number of methoxy groups -OCH3 is 1. The predicted octanol–water partition coefficient (Wildman–Crippen LogP) is -1.13. The molecule has 17 heavy (non-hydrogen) atoms. The van der Waals surface area contributed by atoms with Crippen LogP contribution < -0.4 is 0 Å². The Bertz CT molecular complexity index is 275. The number of esters is 1. The molecule has 0 aromatic heterocycles. The first-order valence-electron chi connectivity index (χ1n) is 5.74. The molecule has 0 bridgehead atoms. The van der Waals surface area contributed by atoms with Gasteiger partial charge in [-0.25, -0.2) is 0 Å². The smallest absolute Gasteiger partial charge is 0.319 e. The first-order valence-corrected chi connectivity index (χ1v) is 5.74. The number of hydrogen-bond acceptors (Lipinski definition) is 5. The third kappa shape index (κ3) is 4.70. The molecule has 6 nitrogen and oxygen atoms in total. The van der Waals surface area contributed by atoms with Gasteiger partial charge < -0.3 is 14.5 Å². The molecular formula is C11H21N3O3. The number of nitrogens with zero attached hydrogens (tertiary/aromatic N) is 3. The largest absolute Gasteiger partial charge is 0.468 e. The number of carbonyl (C=O) groups is 2. The van der Waals surface area contributed by atoms with Crippen LogP contribution in [-0.4, -0.2) is 87.0 Å². The van der Waals surface area contributed by atoms with E-state index in [1.165, 1.54) is 7.11 Å². The van der Waals surface area contributed by atoms with Crippen molar-refractivity contribution < 1.29 is 14.3 Å². The molecule has 1 aliphatic rings. The van der Waals surface area contributed by atoms with E-state index in [4.69, 9.17) is 0 Å². The fourth-order valence-electron chi connectivity index (χ4n) is 1.73. The lowest BCUT2D eigenvalue weighted by atomic mass is 10.3. The number of rotatable bonds is 4. The Balaban J connectivity index is 2.31. The molecule has 0 unspecified atom stereocenters. The van der Waals surface area contributed by atoms with E-state index in [1.807, 2.05) is 11.9 Å². The Hall–Kier alpha value is -1.14. The van der Waals surface area contributed by atoms with Crippen LogP contribution in [0.5, 0.6) is 0 Å². The minimum Gasteiger partial charge on any atom is -0.468 e. The Morgan fingerprint density at radius 3 is 2.29 bits per heavy atom. The molecule has 1 heterocycles. The number of piperazine rings is 1. The topological polar surface area (TPSA) is 53.1 Å². The summed E-state index contributed by atoms with van der Waals surface area (Å²) in [6.07, 6.45) is 0. The van der Waals surface area contributed by atoms with Gasteiger partial charge in [-0.15, -0.1) is 0 Å². The summed E-state index contributed by atoms with van der Waals surface area (Å²) in [7, 11) is 5.13. The molecule has 1 aliphatic heterocycles. The van der Waals surface area contributed by atoms with Gasteiger partial charge in [0.25, 0.3) is 0 Å². The van der Waals surface area contributed by atoms with Gasteiger partial charge in [0.15, 0.2) is 0 Å². The van der Waals surface area contributed by atoms with Crippen LogP contribution >= 0.6 is 0 Å². The second kappa shape index (κ2) is 6.56. The van der Waals surface area contributed by atoms with Crippen LogP contribution in [0.1, 0.15) is 0 Å². The maximum absolute atomic E-state index is 11.9. The van der Waals surface area contributed by atoms with E-state index in [0.29, 0.717) is 0 Å². The van der Waals surface area contributed by atoms with Gasteiger partial charge in [-0.3, -0.25) is 14.5 Å². The Labute approximate surface area is 102 Å². The highest BCUT2D eigenvalue weighted by molar-refractivity contribution is 5.79. The standard InChI is InChI=1S/C11H21N3O3/c1-12-4-6-14(7-5-12)10(15)8-13(2)9-11(16)17-3/h4-9H2,1-3H3. The monoisotopic (exact) mass is 243 g/mol. The van der Waals surface area contributed by atoms with Crippen LogP contribution in [0.4, 0.5) is 0 Å². The molecule has 0 N–H and O–H groups in total. The summed E-state index contributed by atoms with van der Waals surface area (Å²) in [5, 5.41) is 0. The van der Waals surface area contributed by atoms with Crippen LogP contribution in [0.2, 0.25) is 0 Å². The van der Waals surface area contributed by atoms with Crippen LogP contribution in [0, 0.1) is 0 Å². The fourth-order valence-corrected chi connectivity index (χ4v) is 1.73. The van der Waals surface area contributed by atoms with E-state index in [0.717, 1.165) is 26.2 Å². The van der Waals surface area contributed by atoms with Crippen molar-refractivity contribution in [1.82, 2.24) is 14.7 Å². The van der Waals surface area contributed by atoms with E-state index in [-0.39, 0.29) is 25.0 Å². The zero-order chi connectivity index (χ0) is 12.8. The summed E-state index contributed by atoms with van der Waals surface area (Å²) in [6, 6.07) is 0. The molecule has 1 fully saturated rings. The zero-order valence-electron chi connectivity index (χ0n) is 10.8. The summed E-state index contributed by atoms with van der Waals surface area (Å²) >= 11 is 0. The normalized spacial score (nSPS) is 17.3. The SMILES string of the molecule is COC(=O)CN(C)CC(=O)N1CCN(C)CC1. The minimum absolute atomic E-state index is 0.0736. The Kier molecular flexibility index (Phi) is 5.37. The van der Waals surface area contributed by atoms with E-state index in [9.17, 15) is 9.59 Å². The molecule has 1 rings (SSSR count). The van der Waals surface area contributed by atoms with Gasteiger partial charge in [-0.05, 0) is 14.1 Å². The van der Waals surface area contributed by atoms with Crippen LogP contribution in [0.15, 0.2) is 0 Å². The minimum atomic E-state index is -0.321. The number of amides is 1. The van der Waals surface area contributed by atoms with E-state index in [2.05, 4.69) is 9.64 Å². The summed E-state index contributed by atoms with van der Waals surface area (Å²) < 4.78 is 4.55. The predicted molar refractivity (Wildman–Crippen MR) is 63.6 cm³/mol. The van der Waals surface area contributed by atoms with Gasteiger partial charge >= 0.3 is 5.97 Å². The van der Waals surface area contributed by atoms with Crippen molar-refractivity contribution >= 4 is 11.9 Å². The lowest BCUT2D eigenvalue weighted by molar-refractivity contribution is -0.142. The van der Waals surface area contributed by atoms with Gasteiger partial charge in [0, 0.05) is 26.2 Å². The van der Waals surface area contributed by atoms with Crippen molar-refractivity contribution in [3.05, 3.63) is 0 Å². The van der Waals surface area contributed by atoms with E-state index < -0.39 is 0 Å². The lowest BCUT2D eigenvalue weighted by Crippen LogP contribution is -2.50. The molecule has 0 spiro atoms. The highest BCUT2D eigenvalue weighted by Gasteiger charge is 2.20. The van der Waals surface area contributed by atoms with Crippen LogP contribution in [-0.2, 0) is 14.3 Å². The van der Waals surface area contributed by atoms with Gasteiger partial charge in [0.05, 0.1) is 20.2 Å². The van der Waals surface area contributed by atoms with Crippen molar-refractivity contribution in [2.24, 2.45) is 0 Å². The maximum atomic E-state index is 11.9. The van der Waals surface area contributed by atoms with Crippen molar-refractivity contribution in [1.29, 1.82) is 0 Å². The third-order valence-electron chi connectivity index (χ3n) is 2.89. The van der Waals surface area contributed by atoms with Crippen molar-refractivity contribution in [2.45, 2.75) is 0 Å². The fraction of sp³-hybridized carbons (Fsp3) is 0.818. The van der Waals surface area contributed by atoms with Crippen molar-refractivity contribution in [3.8, 4) is 0 Å². The number of carbonyl (C=O) groups excluding carboxylic acids is 2. The molecule has 0 radical (unpaired) electrons. The van der Waals surface area contributed by atoms with Gasteiger partial charge in [0.2, 0.25) is 5.91 Å². The molecule has 0 aromatic rings. The van der Waals surface area contributed by atoms with Crippen LogP contribution in [0.3, 0.4) is 0 Å². The first kappa shape index (κ1) is 13.9. The molecule has 0 atom stereocenters. The molecule has 98 valence electrons. The van der Waals surface area contributed by atoms with E-state index >= 15 is 0 Å². The lowest BCUT2D eigenvalue weighted by Gasteiger charge is -2.33. The third-order valence-corrected chi connectivity index (χ3v) is 2.89. The summed E-state index contributed by atoms with van der Waals surface area (Å²) in [5.74, 6) is -0.247. The second-order valence-corrected chi connectivity index (χ2v) is 4.43. The van der Waals surface area contributed by atoms with E-state index in [1.54, 1.807) is 11.9 Å². The molecular weight excluding hydrogens is 222 g/mol. The van der Waals surface area contributed by atoms with Crippen molar-refractivity contribution in [2.75, 3.05) is 60.5 Å². The summed E-state index contributed by atoms with van der Waals surface area (Å²) in [5.41, 5.74) is 0. The molecule has 6 heteroatoms. The molecule has 0 saturated carbocycles. The molecule has 0 aromatic carbocycles. The first-order chi connectivity index (χ1) is 8.02. The van der Waals surface area contributed by atoms with Gasteiger partial charge in [0.1, 0.15) is 0 Å². The highest BCUT2D eigenvalue weighted by Crippen LogP contribution is 2.00. The zero-order valence-corrected chi connectivity index (χ0v) is 10.8. The quantitative estimate of drug-likeness (QED) is 0.585. The average Bonchev–Trinajstić information content (AvgIpc) is 2.29. The Morgan fingerprint density at radius 1 is 1.18 bits per heavy atom. The summed E-state index contributed by atoms with van der Waals surface area (Å²) in [4.78, 5) is 28.6. The second-order valence-electron chi connectivity index (χ2n) is 4.43. The van der Waals surface area contributed by atoms with Crippen molar-refractivity contribution in [3.63, 3.8) is 0 Å². The number of ether oxygens (including phenoxy) is 1. The highest BCUT2D eigenvalue weighted by atomic mass is 16.5. The number of hydrogen-bond donors (Lipinski definition) is 0. The van der Waals surface area contributed by atoms with Gasteiger partial charge in [-0.1, -0.05) is 0 Å². The van der Waals surface area contributed by atoms with Gasteiger partial charge in [-0.2, -0.15) is 0 Å². The summed E-state index contributed by atoms with van der Waals surface area (Å²) in [6.45, 7) is 3.76. The molecule has 1 amide bonds.